The Hall–Kier alpha value is -2.80. The molecule has 1 aromatic heterocycles. The summed E-state index contributed by atoms with van der Waals surface area (Å²) >= 11 is 0. The van der Waals surface area contributed by atoms with Crippen molar-refractivity contribution in [1.82, 2.24) is 9.88 Å². The molecule has 2 fully saturated rings. The van der Waals surface area contributed by atoms with Crippen LogP contribution in [0.15, 0.2) is 42.6 Å². The van der Waals surface area contributed by atoms with Gasteiger partial charge in [-0.25, -0.2) is 4.98 Å². The van der Waals surface area contributed by atoms with E-state index in [1.807, 2.05) is 23.1 Å². The lowest BCUT2D eigenvalue weighted by Gasteiger charge is -2.37. The van der Waals surface area contributed by atoms with Crippen molar-refractivity contribution in [2.45, 2.75) is 0 Å². The molecular formula is C21H26N4O3. The van der Waals surface area contributed by atoms with Gasteiger partial charge < -0.3 is 24.2 Å². The van der Waals surface area contributed by atoms with Crippen molar-refractivity contribution in [3.63, 3.8) is 0 Å². The van der Waals surface area contributed by atoms with Crippen molar-refractivity contribution in [3.05, 3.63) is 48.2 Å². The number of rotatable bonds is 4. The van der Waals surface area contributed by atoms with E-state index in [0.717, 1.165) is 37.7 Å². The second-order valence-electron chi connectivity index (χ2n) is 6.98. The van der Waals surface area contributed by atoms with Crippen molar-refractivity contribution in [2.24, 2.45) is 0 Å². The second-order valence-corrected chi connectivity index (χ2v) is 6.98. The third kappa shape index (κ3) is 4.04. The summed E-state index contributed by atoms with van der Waals surface area (Å²) in [7, 11) is 1.68. The first-order valence-corrected chi connectivity index (χ1v) is 9.71. The van der Waals surface area contributed by atoms with Gasteiger partial charge in [-0.05, 0) is 36.4 Å². The minimum atomic E-state index is 0.0591. The fourth-order valence-electron chi connectivity index (χ4n) is 3.66. The Balaban J connectivity index is 1.39. The van der Waals surface area contributed by atoms with Crippen molar-refractivity contribution in [1.29, 1.82) is 0 Å². The SMILES string of the molecule is COc1ccc(N2CCN(c3cc(C(=O)N4CCOCC4)ccn3)CC2)cc1. The van der Waals surface area contributed by atoms with Gasteiger partial charge >= 0.3 is 0 Å². The number of aromatic nitrogens is 1. The zero-order chi connectivity index (χ0) is 19.3. The monoisotopic (exact) mass is 382 g/mol. The van der Waals surface area contributed by atoms with Gasteiger partial charge in [0.1, 0.15) is 11.6 Å². The highest BCUT2D eigenvalue weighted by Crippen LogP contribution is 2.22. The number of nitrogens with zero attached hydrogens (tertiary/aromatic N) is 4. The molecule has 0 bridgehead atoms. The fourth-order valence-corrected chi connectivity index (χ4v) is 3.66. The highest BCUT2D eigenvalue weighted by Gasteiger charge is 2.22. The lowest BCUT2D eigenvalue weighted by atomic mass is 10.2. The van der Waals surface area contributed by atoms with Gasteiger partial charge in [0.05, 0.1) is 20.3 Å². The Kier molecular flexibility index (Phi) is 5.62. The van der Waals surface area contributed by atoms with Crippen LogP contribution in [0.5, 0.6) is 5.75 Å². The first-order valence-electron chi connectivity index (χ1n) is 9.71. The number of hydrogen-bond acceptors (Lipinski definition) is 6. The molecule has 0 spiro atoms. The van der Waals surface area contributed by atoms with Crippen molar-refractivity contribution >= 4 is 17.4 Å². The number of carbonyl (C=O) groups is 1. The normalized spacial score (nSPS) is 17.5. The average molecular weight is 382 g/mol. The minimum Gasteiger partial charge on any atom is -0.497 e. The summed E-state index contributed by atoms with van der Waals surface area (Å²) in [4.78, 5) is 23.7. The molecule has 0 N–H and O–H groups in total. The van der Waals surface area contributed by atoms with Gasteiger partial charge in [-0.1, -0.05) is 0 Å². The largest absolute Gasteiger partial charge is 0.497 e. The van der Waals surface area contributed by atoms with Crippen molar-refractivity contribution in [2.75, 3.05) is 69.4 Å². The second kappa shape index (κ2) is 8.48. The molecule has 7 nitrogen and oxygen atoms in total. The zero-order valence-electron chi connectivity index (χ0n) is 16.2. The number of piperazine rings is 1. The molecule has 148 valence electrons. The van der Waals surface area contributed by atoms with Gasteiger partial charge in [0, 0.05) is 56.7 Å². The van der Waals surface area contributed by atoms with E-state index in [2.05, 4.69) is 26.9 Å². The number of methoxy groups -OCH3 is 1. The van der Waals surface area contributed by atoms with Gasteiger partial charge in [0.15, 0.2) is 0 Å². The molecule has 4 rings (SSSR count). The van der Waals surface area contributed by atoms with Crippen LogP contribution < -0.4 is 14.5 Å². The summed E-state index contributed by atoms with van der Waals surface area (Å²) in [6, 6.07) is 11.9. The van der Waals surface area contributed by atoms with E-state index in [1.165, 1.54) is 5.69 Å². The Morgan fingerprint density at radius 1 is 0.964 bits per heavy atom. The van der Waals surface area contributed by atoms with Gasteiger partial charge in [-0.3, -0.25) is 4.79 Å². The molecule has 2 aliphatic rings. The lowest BCUT2D eigenvalue weighted by molar-refractivity contribution is 0.0303. The third-order valence-electron chi connectivity index (χ3n) is 5.33. The molecule has 0 aliphatic carbocycles. The molecule has 1 amide bonds. The molecule has 28 heavy (non-hydrogen) atoms. The van der Waals surface area contributed by atoms with E-state index in [0.29, 0.717) is 31.9 Å². The first kappa shape index (κ1) is 18.6. The highest BCUT2D eigenvalue weighted by molar-refractivity contribution is 5.95. The molecule has 2 aliphatic heterocycles. The maximum absolute atomic E-state index is 12.7. The van der Waals surface area contributed by atoms with Gasteiger partial charge in [-0.2, -0.15) is 0 Å². The molecule has 0 radical (unpaired) electrons. The highest BCUT2D eigenvalue weighted by atomic mass is 16.5. The van der Waals surface area contributed by atoms with Crippen LogP contribution in [0.3, 0.4) is 0 Å². The molecule has 2 saturated heterocycles. The molecule has 0 saturated carbocycles. The molecule has 0 unspecified atom stereocenters. The third-order valence-corrected chi connectivity index (χ3v) is 5.33. The van der Waals surface area contributed by atoms with Crippen LogP contribution >= 0.6 is 0 Å². The van der Waals surface area contributed by atoms with Crippen LogP contribution in [0.25, 0.3) is 0 Å². The quantitative estimate of drug-likeness (QED) is 0.805. The van der Waals surface area contributed by atoms with Gasteiger partial charge in [0.2, 0.25) is 0 Å². The number of carbonyl (C=O) groups excluding carboxylic acids is 1. The molecule has 2 aromatic rings. The maximum atomic E-state index is 12.7. The number of anilines is 2. The summed E-state index contributed by atoms with van der Waals surface area (Å²) in [6.07, 6.45) is 1.73. The first-order chi connectivity index (χ1) is 13.7. The Bertz CT molecular complexity index is 798. The van der Waals surface area contributed by atoms with Crippen molar-refractivity contribution < 1.29 is 14.3 Å². The molecule has 1 aromatic carbocycles. The minimum absolute atomic E-state index is 0.0591. The summed E-state index contributed by atoms with van der Waals surface area (Å²) in [5.41, 5.74) is 1.90. The standard InChI is InChI=1S/C21H26N4O3/c1-27-19-4-2-18(3-5-19)23-8-10-24(11-9-23)20-16-17(6-7-22-20)21(26)25-12-14-28-15-13-25/h2-7,16H,8-15H2,1H3. The number of morpholine rings is 1. The fraction of sp³-hybridized carbons (Fsp3) is 0.429. The van der Waals surface area contributed by atoms with E-state index in [-0.39, 0.29) is 5.91 Å². The Morgan fingerprint density at radius 3 is 2.32 bits per heavy atom. The average Bonchev–Trinajstić information content (AvgIpc) is 2.79. The van der Waals surface area contributed by atoms with E-state index in [9.17, 15) is 4.79 Å². The number of amides is 1. The predicted molar refractivity (Wildman–Crippen MR) is 108 cm³/mol. The number of benzene rings is 1. The van der Waals surface area contributed by atoms with Crippen LogP contribution in [-0.2, 0) is 4.74 Å². The lowest BCUT2D eigenvalue weighted by Crippen LogP contribution is -2.47. The van der Waals surface area contributed by atoms with Crippen molar-refractivity contribution in [3.8, 4) is 5.75 Å². The van der Waals surface area contributed by atoms with E-state index < -0.39 is 0 Å². The van der Waals surface area contributed by atoms with Crippen LogP contribution in [0.2, 0.25) is 0 Å². The van der Waals surface area contributed by atoms with Crippen LogP contribution in [-0.4, -0.2) is 75.4 Å². The summed E-state index contributed by atoms with van der Waals surface area (Å²) < 4.78 is 10.6. The van der Waals surface area contributed by atoms with Crippen LogP contribution in [0.1, 0.15) is 10.4 Å². The number of ether oxygens (including phenoxy) is 2. The zero-order valence-corrected chi connectivity index (χ0v) is 16.2. The number of pyridine rings is 1. The summed E-state index contributed by atoms with van der Waals surface area (Å²) in [5.74, 6) is 1.80. The number of hydrogen-bond donors (Lipinski definition) is 0. The van der Waals surface area contributed by atoms with Gasteiger partial charge in [0.25, 0.3) is 5.91 Å². The van der Waals surface area contributed by atoms with E-state index in [4.69, 9.17) is 9.47 Å². The topological polar surface area (TPSA) is 58.1 Å². The Labute approximate surface area is 165 Å². The molecule has 0 atom stereocenters. The molecular weight excluding hydrogens is 356 g/mol. The maximum Gasteiger partial charge on any atom is 0.254 e. The summed E-state index contributed by atoms with van der Waals surface area (Å²) in [5, 5.41) is 0. The van der Waals surface area contributed by atoms with Gasteiger partial charge in [-0.15, -0.1) is 0 Å². The molecule has 3 heterocycles. The molecule has 7 heteroatoms. The van der Waals surface area contributed by atoms with Crippen LogP contribution in [0, 0.1) is 0 Å². The smallest absolute Gasteiger partial charge is 0.254 e. The van der Waals surface area contributed by atoms with E-state index in [1.54, 1.807) is 19.4 Å². The Morgan fingerprint density at radius 2 is 1.64 bits per heavy atom. The summed E-state index contributed by atoms with van der Waals surface area (Å²) in [6.45, 7) is 6.08. The van der Waals surface area contributed by atoms with Crippen LogP contribution in [0.4, 0.5) is 11.5 Å². The van der Waals surface area contributed by atoms with E-state index >= 15 is 0 Å². The predicted octanol–water partition coefficient (Wildman–Crippen LogP) is 1.89.